The van der Waals surface area contributed by atoms with Gasteiger partial charge in [-0.2, -0.15) is 4.98 Å². The minimum atomic E-state index is 0.0686. The van der Waals surface area contributed by atoms with Gasteiger partial charge in [0.1, 0.15) is 11.5 Å². The zero-order valence-electron chi connectivity index (χ0n) is 18.2. The van der Waals surface area contributed by atoms with Gasteiger partial charge in [-0.05, 0) is 36.9 Å². The largest absolute Gasteiger partial charge is 0.354 e. The fourth-order valence-corrected chi connectivity index (χ4v) is 4.49. The monoisotopic (exact) mass is 447 g/mol. The number of anilines is 1. The molecule has 5 rings (SSSR count). The molecule has 164 valence electrons. The number of thiophene rings is 1. The number of nitrogens with zero attached hydrogens (tertiary/aromatic N) is 7. The third-order valence-corrected chi connectivity index (χ3v) is 6.61. The molecule has 4 aromatic heterocycles. The molecule has 32 heavy (non-hydrogen) atoms. The summed E-state index contributed by atoms with van der Waals surface area (Å²) in [6, 6.07) is 12.0. The maximum Gasteiger partial charge on any atom is 0.244 e. The Morgan fingerprint density at radius 3 is 2.62 bits per heavy atom. The molecule has 1 fully saturated rings. The number of pyridine rings is 1. The van der Waals surface area contributed by atoms with Crippen LogP contribution in [0.1, 0.15) is 31.5 Å². The van der Waals surface area contributed by atoms with E-state index in [9.17, 15) is 0 Å². The number of rotatable bonds is 6. The van der Waals surface area contributed by atoms with E-state index < -0.39 is 0 Å². The lowest BCUT2D eigenvalue weighted by Crippen LogP contribution is -2.47. The van der Waals surface area contributed by atoms with Crippen LogP contribution in [-0.4, -0.2) is 56.2 Å². The fraction of sp³-hybridized carbons (Fsp3) is 0.348. The Hall–Kier alpha value is -3.17. The van der Waals surface area contributed by atoms with Crippen LogP contribution in [0.4, 0.5) is 5.82 Å². The topological polar surface area (TPSA) is 84.1 Å². The maximum atomic E-state index is 5.57. The molecule has 0 aromatic carbocycles. The van der Waals surface area contributed by atoms with E-state index in [2.05, 4.69) is 49.8 Å². The molecule has 1 aliphatic rings. The Balaban J connectivity index is 1.28. The van der Waals surface area contributed by atoms with E-state index in [1.54, 1.807) is 17.5 Å². The standard InChI is InChI=1S/C23H25N7OS/c1-3-17-15-20(26-21(25-17)18-7-4-5-9-24-18)30-12-10-29(11-13-30)16(2)23-27-22(28-31-23)19-8-6-14-32-19/h4-9,14-16H,3,10-13H2,1-2H3. The first-order valence-electron chi connectivity index (χ1n) is 10.9. The van der Waals surface area contributed by atoms with Gasteiger partial charge in [-0.3, -0.25) is 9.88 Å². The molecule has 4 aromatic rings. The van der Waals surface area contributed by atoms with E-state index in [0.717, 1.165) is 54.7 Å². The van der Waals surface area contributed by atoms with Crippen molar-refractivity contribution < 1.29 is 4.52 Å². The highest BCUT2D eigenvalue weighted by Crippen LogP contribution is 2.27. The Kier molecular flexibility index (Phi) is 5.91. The van der Waals surface area contributed by atoms with E-state index in [0.29, 0.717) is 17.5 Å². The van der Waals surface area contributed by atoms with Crippen molar-refractivity contribution in [1.82, 2.24) is 30.0 Å². The third-order valence-electron chi connectivity index (χ3n) is 5.75. The van der Waals surface area contributed by atoms with Crippen LogP contribution in [0.5, 0.6) is 0 Å². The summed E-state index contributed by atoms with van der Waals surface area (Å²) in [5, 5.41) is 6.18. The number of hydrogen-bond donors (Lipinski definition) is 0. The van der Waals surface area contributed by atoms with Gasteiger partial charge in [0.2, 0.25) is 11.7 Å². The van der Waals surface area contributed by atoms with E-state index in [1.807, 2.05) is 35.7 Å². The van der Waals surface area contributed by atoms with Crippen molar-refractivity contribution in [1.29, 1.82) is 0 Å². The predicted octanol–water partition coefficient (Wildman–Crippen LogP) is 4.10. The fourth-order valence-electron chi connectivity index (χ4n) is 3.84. The van der Waals surface area contributed by atoms with E-state index >= 15 is 0 Å². The molecule has 8 nitrogen and oxygen atoms in total. The molecule has 5 heterocycles. The van der Waals surface area contributed by atoms with Crippen molar-refractivity contribution in [3.8, 4) is 22.2 Å². The van der Waals surface area contributed by atoms with Crippen LogP contribution in [-0.2, 0) is 6.42 Å². The van der Waals surface area contributed by atoms with Gasteiger partial charge in [0.05, 0.1) is 10.9 Å². The predicted molar refractivity (Wildman–Crippen MR) is 124 cm³/mol. The molecular weight excluding hydrogens is 422 g/mol. The lowest BCUT2D eigenvalue weighted by molar-refractivity contribution is 0.164. The second-order valence-electron chi connectivity index (χ2n) is 7.74. The van der Waals surface area contributed by atoms with Crippen LogP contribution in [0.2, 0.25) is 0 Å². The number of aryl methyl sites for hydroxylation is 1. The molecule has 0 N–H and O–H groups in total. The Morgan fingerprint density at radius 1 is 1.03 bits per heavy atom. The zero-order chi connectivity index (χ0) is 21.9. The van der Waals surface area contributed by atoms with Gasteiger partial charge in [0.25, 0.3) is 0 Å². The summed E-state index contributed by atoms with van der Waals surface area (Å²) in [5.41, 5.74) is 1.83. The summed E-state index contributed by atoms with van der Waals surface area (Å²) < 4.78 is 5.57. The van der Waals surface area contributed by atoms with Crippen molar-refractivity contribution in [3.05, 3.63) is 59.6 Å². The van der Waals surface area contributed by atoms with Crippen LogP contribution in [0.25, 0.3) is 22.2 Å². The van der Waals surface area contributed by atoms with E-state index in [-0.39, 0.29) is 6.04 Å². The molecule has 0 bridgehead atoms. The quantitative estimate of drug-likeness (QED) is 0.437. The molecule has 1 aliphatic heterocycles. The average Bonchev–Trinajstić information content (AvgIpc) is 3.56. The molecule has 0 amide bonds. The Labute approximate surface area is 191 Å². The van der Waals surface area contributed by atoms with Crippen LogP contribution in [0.3, 0.4) is 0 Å². The van der Waals surface area contributed by atoms with E-state index in [1.165, 1.54) is 0 Å². The van der Waals surface area contributed by atoms with Crippen molar-refractivity contribution in [2.75, 3.05) is 31.1 Å². The lowest BCUT2D eigenvalue weighted by atomic mass is 10.2. The summed E-state index contributed by atoms with van der Waals surface area (Å²) in [5.74, 6) is 2.97. The zero-order valence-corrected chi connectivity index (χ0v) is 19.0. The molecular formula is C23H25N7OS. The molecule has 9 heteroatoms. The first-order chi connectivity index (χ1) is 15.7. The van der Waals surface area contributed by atoms with Gasteiger partial charge < -0.3 is 9.42 Å². The minimum Gasteiger partial charge on any atom is -0.354 e. The molecule has 0 aliphatic carbocycles. The minimum absolute atomic E-state index is 0.0686. The summed E-state index contributed by atoms with van der Waals surface area (Å²) in [6.45, 7) is 7.77. The highest BCUT2D eigenvalue weighted by atomic mass is 32.1. The molecule has 0 radical (unpaired) electrons. The molecule has 1 unspecified atom stereocenters. The van der Waals surface area contributed by atoms with Gasteiger partial charge in [0, 0.05) is 44.1 Å². The average molecular weight is 448 g/mol. The SMILES string of the molecule is CCc1cc(N2CCN(C(C)c3nc(-c4cccs4)no3)CC2)nc(-c2ccccn2)n1. The van der Waals surface area contributed by atoms with Crippen molar-refractivity contribution in [3.63, 3.8) is 0 Å². The van der Waals surface area contributed by atoms with Crippen LogP contribution in [0.15, 0.2) is 52.5 Å². The Morgan fingerprint density at radius 2 is 1.91 bits per heavy atom. The first kappa shape index (κ1) is 20.7. The normalized spacial score (nSPS) is 15.8. The van der Waals surface area contributed by atoms with Crippen LogP contribution < -0.4 is 4.90 Å². The van der Waals surface area contributed by atoms with Crippen LogP contribution in [0, 0.1) is 0 Å². The van der Waals surface area contributed by atoms with Gasteiger partial charge in [-0.15, -0.1) is 11.3 Å². The number of hydrogen-bond acceptors (Lipinski definition) is 9. The van der Waals surface area contributed by atoms with Gasteiger partial charge >= 0.3 is 0 Å². The molecule has 0 saturated carbocycles. The van der Waals surface area contributed by atoms with Gasteiger partial charge in [0.15, 0.2) is 5.82 Å². The van der Waals surface area contributed by atoms with Gasteiger partial charge in [-0.25, -0.2) is 9.97 Å². The van der Waals surface area contributed by atoms with Crippen molar-refractivity contribution >= 4 is 17.2 Å². The lowest BCUT2D eigenvalue weighted by Gasteiger charge is -2.37. The van der Waals surface area contributed by atoms with Gasteiger partial charge in [-0.1, -0.05) is 24.2 Å². The molecule has 1 atom stereocenters. The molecule has 0 spiro atoms. The first-order valence-corrected chi connectivity index (χ1v) is 11.7. The highest BCUT2D eigenvalue weighted by molar-refractivity contribution is 7.13. The summed E-state index contributed by atoms with van der Waals surface area (Å²) in [6.07, 6.45) is 2.63. The van der Waals surface area contributed by atoms with Crippen molar-refractivity contribution in [2.24, 2.45) is 0 Å². The number of aromatic nitrogens is 5. The van der Waals surface area contributed by atoms with Crippen molar-refractivity contribution in [2.45, 2.75) is 26.3 Å². The Bertz CT molecular complexity index is 1150. The molecule has 1 saturated heterocycles. The van der Waals surface area contributed by atoms with E-state index in [4.69, 9.17) is 9.51 Å². The van der Waals surface area contributed by atoms with Crippen LogP contribution >= 0.6 is 11.3 Å². The third kappa shape index (κ3) is 4.26. The summed E-state index contributed by atoms with van der Waals surface area (Å²) in [7, 11) is 0. The summed E-state index contributed by atoms with van der Waals surface area (Å²) in [4.78, 5) is 24.3. The maximum absolute atomic E-state index is 5.57. The summed E-state index contributed by atoms with van der Waals surface area (Å²) >= 11 is 1.62. The smallest absolute Gasteiger partial charge is 0.244 e. The second-order valence-corrected chi connectivity index (χ2v) is 8.69. The number of piperazine rings is 1. The second kappa shape index (κ2) is 9.13. The highest BCUT2D eigenvalue weighted by Gasteiger charge is 2.27.